The van der Waals surface area contributed by atoms with E-state index in [0.717, 1.165) is 21.3 Å². The van der Waals surface area contributed by atoms with Gasteiger partial charge in [-0.25, -0.2) is 4.98 Å². The smallest absolute Gasteiger partial charge is 0.309 e. The summed E-state index contributed by atoms with van der Waals surface area (Å²) in [6, 6.07) is 17.0. The molecule has 3 N–H and O–H groups in total. The number of rotatable bonds is 7. The monoisotopic (exact) mass is 556 g/mol. The molecule has 0 bridgehead atoms. The van der Waals surface area contributed by atoms with Crippen molar-refractivity contribution in [2.24, 2.45) is 5.92 Å². The molecule has 2 aromatic heterocycles. The lowest BCUT2D eigenvalue weighted by molar-refractivity contribution is -0.163. The number of para-hydroxylation sites is 1. The van der Waals surface area contributed by atoms with E-state index in [1.54, 1.807) is 6.07 Å². The lowest BCUT2D eigenvalue weighted by Gasteiger charge is -2.35. The number of esters is 1. The van der Waals surface area contributed by atoms with Gasteiger partial charge in [0.2, 0.25) is 0 Å². The highest BCUT2D eigenvalue weighted by atomic mass is 32.1. The Kier molecular flexibility index (Phi) is 7.58. The SMILES string of the molecule is Cc1ccccc1Nc1ncc(C(=O)N[C@H]2C[C@H](C(=O)OC(C)(C)C)C2)cc1NC(=O)c1csc2ccccc12. The fourth-order valence-electron chi connectivity index (χ4n) is 4.55. The Balaban J connectivity index is 1.34. The highest BCUT2D eigenvalue weighted by Gasteiger charge is 2.38. The summed E-state index contributed by atoms with van der Waals surface area (Å²) in [5.41, 5.74) is 2.56. The second kappa shape index (κ2) is 11.1. The molecule has 40 heavy (non-hydrogen) atoms. The van der Waals surface area contributed by atoms with Gasteiger partial charge in [0.25, 0.3) is 11.8 Å². The molecule has 0 radical (unpaired) electrons. The van der Waals surface area contributed by atoms with Gasteiger partial charge in [0, 0.05) is 33.4 Å². The molecule has 206 valence electrons. The van der Waals surface area contributed by atoms with Crippen LogP contribution in [0.3, 0.4) is 0 Å². The Hall–Kier alpha value is -4.24. The molecule has 0 spiro atoms. The zero-order chi connectivity index (χ0) is 28.4. The van der Waals surface area contributed by atoms with Gasteiger partial charge in [0.15, 0.2) is 5.82 Å². The Morgan fingerprint density at radius 3 is 2.45 bits per heavy atom. The molecule has 1 saturated carbocycles. The molecule has 9 heteroatoms. The van der Waals surface area contributed by atoms with Crippen molar-refractivity contribution in [3.05, 3.63) is 82.9 Å². The summed E-state index contributed by atoms with van der Waals surface area (Å²) in [4.78, 5) is 43.3. The second-order valence-corrected chi connectivity index (χ2v) is 11.9. The van der Waals surface area contributed by atoms with Gasteiger partial charge < -0.3 is 20.7 Å². The molecule has 0 saturated heterocycles. The summed E-state index contributed by atoms with van der Waals surface area (Å²) in [6.07, 6.45) is 2.53. The normalized spacial score (nSPS) is 16.6. The standard InChI is InChI=1S/C31H32N4O4S/c1-18-9-5-7-11-24(18)34-27-25(35-29(37)23-17-40-26-12-8-6-10-22(23)26)15-20(16-32-27)28(36)33-21-13-19(14-21)30(38)39-31(2,3)4/h5-12,15-17,19,21H,13-14H2,1-4H3,(H,32,34)(H,33,36)(H,35,37)/t19-,21-. The molecule has 1 aliphatic rings. The van der Waals surface area contributed by atoms with Crippen LogP contribution in [0.4, 0.5) is 17.2 Å². The molecule has 8 nitrogen and oxygen atoms in total. The summed E-state index contributed by atoms with van der Waals surface area (Å²) in [7, 11) is 0. The van der Waals surface area contributed by atoms with Crippen LogP contribution in [0.5, 0.6) is 0 Å². The van der Waals surface area contributed by atoms with E-state index in [4.69, 9.17) is 4.74 Å². The fraction of sp³-hybridized carbons (Fsp3) is 0.290. The first-order valence-corrected chi connectivity index (χ1v) is 14.1. The van der Waals surface area contributed by atoms with Gasteiger partial charge >= 0.3 is 5.97 Å². The van der Waals surface area contributed by atoms with E-state index in [0.29, 0.717) is 35.5 Å². The van der Waals surface area contributed by atoms with Crippen LogP contribution in [0.2, 0.25) is 0 Å². The number of aromatic nitrogens is 1. The largest absolute Gasteiger partial charge is 0.460 e. The van der Waals surface area contributed by atoms with Crippen LogP contribution in [0.15, 0.2) is 66.2 Å². The predicted octanol–water partition coefficient (Wildman–Crippen LogP) is 6.45. The number of anilines is 3. The highest BCUT2D eigenvalue weighted by Crippen LogP contribution is 2.32. The Morgan fingerprint density at radius 1 is 0.975 bits per heavy atom. The molecule has 2 aromatic carbocycles. The zero-order valence-corrected chi connectivity index (χ0v) is 23.7. The van der Waals surface area contributed by atoms with Crippen LogP contribution in [0, 0.1) is 12.8 Å². The maximum Gasteiger partial charge on any atom is 0.309 e. The van der Waals surface area contributed by atoms with Gasteiger partial charge in [-0.2, -0.15) is 0 Å². The lowest BCUT2D eigenvalue weighted by atomic mass is 9.80. The first kappa shape index (κ1) is 27.3. The first-order valence-electron chi connectivity index (χ1n) is 13.2. The Bertz CT molecular complexity index is 1580. The minimum atomic E-state index is -0.540. The summed E-state index contributed by atoms with van der Waals surface area (Å²) in [5.74, 6) is -0.647. The van der Waals surface area contributed by atoms with Crippen LogP contribution in [0.1, 0.15) is 59.9 Å². The van der Waals surface area contributed by atoms with Gasteiger partial charge in [-0.3, -0.25) is 14.4 Å². The van der Waals surface area contributed by atoms with E-state index in [-0.39, 0.29) is 29.7 Å². The Morgan fingerprint density at radius 2 is 1.70 bits per heavy atom. The number of benzene rings is 2. The quantitative estimate of drug-likeness (QED) is 0.226. The third-order valence-corrected chi connectivity index (χ3v) is 7.70. The molecule has 2 amide bonds. The molecule has 4 aromatic rings. The molecular weight excluding hydrogens is 524 g/mol. The van der Waals surface area contributed by atoms with Gasteiger partial charge in [0.05, 0.1) is 22.7 Å². The number of hydrogen-bond acceptors (Lipinski definition) is 7. The zero-order valence-electron chi connectivity index (χ0n) is 22.9. The minimum Gasteiger partial charge on any atom is -0.460 e. The molecule has 2 heterocycles. The number of hydrogen-bond donors (Lipinski definition) is 3. The van der Waals surface area contributed by atoms with Gasteiger partial charge in [-0.15, -0.1) is 11.3 Å². The number of amides is 2. The number of carbonyl (C=O) groups is 3. The van der Waals surface area contributed by atoms with Crippen molar-refractivity contribution in [3.63, 3.8) is 0 Å². The average molecular weight is 557 g/mol. The van der Waals surface area contributed by atoms with Crippen molar-refractivity contribution in [1.82, 2.24) is 10.3 Å². The number of aryl methyl sites for hydroxylation is 1. The maximum absolute atomic E-state index is 13.4. The summed E-state index contributed by atoms with van der Waals surface area (Å²) in [6.45, 7) is 7.49. The number of ether oxygens (including phenoxy) is 1. The van der Waals surface area contributed by atoms with E-state index >= 15 is 0 Å². The summed E-state index contributed by atoms with van der Waals surface area (Å²) in [5, 5.41) is 11.9. The van der Waals surface area contributed by atoms with Gasteiger partial charge in [-0.05, 0) is 64.3 Å². The van der Waals surface area contributed by atoms with Crippen molar-refractivity contribution in [2.75, 3.05) is 10.6 Å². The molecular formula is C31H32N4O4S. The van der Waals surface area contributed by atoms with Crippen molar-refractivity contribution in [3.8, 4) is 0 Å². The molecule has 1 fully saturated rings. The van der Waals surface area contributed by atoms with Crippen LogP contribution in [0.25, 0.3) is 10.1 Å². The minimum absolute atomic E-state index is 0.134. The van der Waals surface area contributed by atoms with Gasteiger partial charge in [0.1, 0.15) is 5.60 Å². The van der Waals surface area contributed by atoms with Crippen molar-refractivity contribution in [1.29, 1.82) is 0 Å². The average Bonchev–Trinajstić information content (AvgIpc) is 3.31. The van der Waals surface area contributed by atoms with Crippen LogP contribution in [-0.2, 0) is 9.53 Å². The topological polar surface area (TPSA) is 109 Å². The Labute approximate surface area is 237 Å². The number of thiophene rings is 1. The molecule has 1 aliphatic carbocycles. The maximum atomic E-state index is 13.4. The number of carbonyl (C=O) groups excluding carboxylic acids is 3. The number of nitrogens with one attached hydrogen (secondary N) is 3. The van der Waals surface area contributed by atoms with Crippen molar-refractivity contribution in [2.45, 2.75) is 52.2 Å². The van der Waals surface area contributed by atoms with E-state index in [1.807, 2.05) is 81.6 Å². The predicted molar refractivity (Wildman–Crippen MR) is 158 cm³/mol. The van der Waals surface area contributed by atoms with Crippen LogP contribution < -0.4 is 16.0 Å². The van der Waals surface area contributed by atoms with Gasteiger partial charge in [-0.1, -0.05) is 36.4 Å². The molecule has 0 aliphatic heterocycles. The van der Waals surface area contributed by atoms with Crippen molar-refractivity contribution < 1.29 is 19.1 Å². The number of nitrogens with zero attached hydrogens (tertiary/aromatic N) is 1. The third kappa shape index (κ3) is 6.15. The van der Waals surface area contributed by atoms with E-state index in [9.17, 15) is 14.4 Å². The first-order chi connectivity index (χ1) is 19.1. The highest BCUT2D eigenvalue weighted by molar-refractivity contribution is 7.17. The van der Waals surface area contributed by atoms with E-state index < -0.39 is 5.60 Å². The van der Waals surface area contributed by atoms with Crippen LogP contribution in [-0.4, -0.2) is 34.4 Å². The second-order valence-electron chi connectivity index (χ2n) is 11.0. The molecule has 0 atom stereocenters. The van der Waals surface area contributed by atoms with Crippen LogP contribution >= 0.6 is 11.3 Å². The van der Waals surface area contributed by atoms with Crippen molar-refractivity contribution >= 4 is 56.4 Å². The lowest BCUT2D eigenvalue weighted by Crippen LogP contribution is -2.48. The molecule has 5 rings (SSSR count). The van der Waals surface area contributed by atoms with E-state index in [2.05, 4.69) is 20.9 Å². The van der Waals surface area contributed by atoms with E-state index in [1.165, 1.54) is 17.5 Å². The fourth-order valence-corrected chi connectivity index (χ4v) is 5.49. The third-order valence-electron chi connectivity index (χ3n) is 6.74. The molecule has 0 unspecified atom stereocenters. The number of fused-ring (bicyclic) bond motifs is 1. The summed E-state index contributed by atoms with van der Waals surface area (Å²) < 4.78 is 6.47. The summed E-state index contributed by atoms with van der Waals surface area (Å²) >= 11 is 1.50. The number of pyridine rings is 1.